The van der Waals surface area contributed by atoms with Crippen molar-refractivity contribution in [2.75, 3.05) is 17.3 Å². The Morgan fingerprint density at radius 3 is 2.33 bits per heavy atom. The number of carbonyl (C=O) groups is 1. The molecule has 1 amide bonds. The number of carbonyl (C=O) groups excluding carboxylic acids is 1. The average Bonchev–Trinajstić information content (AvgIpc) is 3.47. The highest BCUT2D eigenvalue weighted by Crippen LogP contribution is 2.36. The normalized spacial score (nSPS) is 11.5. The second kappa shape index (κ2) is 8.76. The lowest BCUT2D eigenvalue weighted by Crippen LogP contribution is -2.14. The largest absolute Gasteiger partial charge is 0.332 e. The minimum Gasteiger partial charge on any atom is -0.332 e. The average molecular weight is 476 g/mol. The first-order chi connectivity index (χ1) is 14.4. The van der Waals surface area contributed by atoms with Crippen LogP contribution in [0.4, 0.5) is 5.69 Å². The van der Waals surface area contributed by atoms with E-state index in [9.17, 15) is 13.2 Å². The van der Waals surface area contributed by atoms with Gasteiger partial charge in [-0.15, -0.1) is 22.7 Å². The number of nitrogens with zero attached hydrogens (tertiary/aromatic N) is 1. The van der Waals surface area contributed by atoms with Gasteiger partial charge in [0.25, 0.3) is 0 Å². The van der Waals surface area contributed by atoms with Crippen molar-refractivity contribution in [2.45, 2.75) is 10.1 Å². The topological polar surface area (TPSA) is 91.9 Å². The molecule has 0 spiro atoms. The van der Waals surface area contributed by atoms with Crippen molar-refractivity contribution < 1.29 is 13.2 Å². The van der Waals surface area contributed by atoms with Gasteiger partial charge in [0.15, 0.2) is 15.0 Å². The maximum atomic E-state index is 12.3. The highest BCUT2D eigenvalue weighted by molar-refractivity contribution is 7.99. The van der Waals surface area contributed by atoms with Crippen LogP contribution in [0.25, 0.3) is 21.1 Å². The quantitative estimate of drug-likeness (QED) is 0.367. The highest BCUT2D eigenvalue weighted by Gasteiger charge is 2.17. The molecule has 0 aliphatic heterocycles. The number of hydrogen-bond donors (Lipinski definition) is 2. The molecular formula is C20H17N3O3S4. The fourth-order valence-corrected chi connectivity index (χ4v) is 5.47. The zero-order chi connectivity index (χ0) is 21.1. The lowest BCUT2D eigenvalue weighted by atomic mass is 10.2. The van der Waals surface area contributed by atoms with Crippen molar-refractivity contribution in [1.82, 2.24) is 9.97 Å². The number of aromatic nitrogens is 2. The molecule has 0 saturated heterocycles. The number of aromatic amines is 1. The molecule has 3 aromatic heterocycles. The molecule has 3 heterocycles. The van der Waals surface area contributed by atoms with Crippen molar-refractivity contribution in [2.24, 2.45) is 0 Å². The highest BCUT2D eigenvalue weighted by atomic mass is 32.2. The van der Waals surface area contributed by atoms with E-state index in [1.165, 1.54) is 23.9 Å². The third kappa shape index (κ3) is 4.84. The molecule has 10 heteroatoms. The summed E-state index contributed by atoms with van der Waals surface area (Å²) in [5.74, 6) is -0.0198. The molecule has 4 rings (SSSR count). The maximum absolute atomic E-state index is 12.3. The minimum absolute atomic E-state index is 0.176. The van der Waals surface area contributed by atoms with Crippen molar-refractivity contribution in [1.29, 1.82) is 0 Å². The summed E-state index contributed by atoms with van der Waals surface area (Å²) in [6.45, 7) is 0. The van der Waals surface area contributed by atoms with Gasteiger partial charge in [-0.2, -0.15) is 0 Å². The molecule has 1 aromatic carbocycles. The molecule has 0 fully saturated rings. The summed E-state index contributed by atoms with van der Waals surface area (Å²) in [4.78, 5) is 22.7. The summed E-state index contributed by atoms with van der Waals surface area (Å²) < 4.78 is 23.1. The van der Waals surface area contributed by atoms with E-state index in [2.05, 4.69) is 10.3 Å². The molecule has 0 aliphatic carbocycles. The molecule has 0 unspecified atom stereocenters. The molecule has 154 valence electrons. The van der Waals surface area contributed by atoms with Crippen LogP contribution in [0.15, 0.2) is 69.3 Å². The Hall–Kier alpha value is -2.40. The van der Waals surface area contributed by atoms with E-state index in [0.29, 0.717) is 10.8 Å². The second-order valence-electron chi connectivity index (χ2n) is 6.35. The first kappa shape index (κ1) is 20.9. The van der Waals surface area contributed by atoms with Crippen LogP contribution in [-0.4, -0.2) is 36.3 Å². The summed E-state index contributed by atoms with van der Waals surface area (Å²) >= 11 is 4.57. The number of H-pyrrole nitrogens is 1. The number of sulfone groups is 1. The number of thioether (sulfide) groups is 1. The Labute approximate surface area is 186 Å². The molecule has 0 saturated carbocycles. The van der Waals surface area contributed by atoms with Crippen molar-refractivity contribution >= 4 is 55.9 Å². The number of benzene rings is 1. The van der Waals surface area contributed by atoms with Gasteiger partial charge >= 0.3 is 0 Å². The van der Waals surface area contributed by atoms with E-state index in [0.717, 1.165) is 27.4 Å². The minimum atomic E-state index is -3.26. The van der Waals surface area contributed by atoms with E-state index >= 15 is 0 Å². The van der Waals surface area contributed by atoms with Crippen molar-refractivity contribution in [3.63, 3.8) is 0 Å². The number of amides is 1. The lowest BCUT2D eigenvalue weighted by Gasteiger charge is -2.05. The Bertz CT molecular complexity index is 1190. The third-order valence-corrected chi connectivity index (χ3v) is 7.88. The fourth-order valence-electron chi connectivity index (χ4n) is 2.73. The summed E-state index contributed by atoms with van der Waals surface area (Å²) in [7, 11) is -3.26. The third-order valence-electron chi connectivity index (χ3n) is 4.11. The molecular weight excluding hydrogens is 459 g/mol. The van der Waals surface area contributed by atoms with E-state index < -0.39 is 9.84 Å². The van der Waals surface area contributed by atoms with Gasteiger partial charge in [-0.25, -0.2) is 13.4 Å². The van der Waals surface area contributed by atoms with Crippen LogP contribution in [0.5, 0.6) is 0 Å². The molecule has 2 N–H and O–H groups in total. The van der Waals surface area contributed by atoms with Gasteiger partial charge in [0.1, 0.15) is 5.69 Å². The number of thiophene rings is 2. The fraction of sp³-hybridized carbons (Fsp3) is 0.100. The first-order valence-corrected chi connectivity index (χ1v) is 13.4. The van der Waals surface area contributed by atoms with E-state index in [1.807, 2.05) is 35.0 Å². The van der Waals surface area contributed by atoms with Crippen LogP contribution in [0.1, 0.15) is 0 Å². The van der Waals surface area contributed by atoms with Crippen LogP contribution in [0, 0.1) is 0 Å². The van der Waals surface area contributed by atoms with Crippen LogP contribution in [0.2, 0.25) is 0 Å². The van der Waals surface area contributed by atoms with E-state index in [-0.39, 0.29) is 16.6 Å². The van der Waals surface area contributed by atoms with Gasteiger partial charge in [0.05, 0.1) is 26.1 Å². The van der Waals surface area contributed by atoms with Gasteiger partial charge in [-0.3, -0.25) is 4.79 Å². The Balaban J connectivity index is 1.45. The number of imidazole rings is 1. The summed E-state index contributed by atoms with van der Waals surface area (Å²) in [5, 5.41) is 7.47. The molecule has 0 radical (unpaired) electrons. The van der Waals surface area contributed by atoms with E-state index in [4.69, 9.17) is 4.98 Å². The van der Waals surface area contributed by atoms with Crippen molar-refractivity contribution in [3.05, 3.63) is 59.3 Å². The Morgan fingerprint density at radius 2 is 1.73 bits per heavy atom. The van der Waals surface area contributed by atoms with Crippen LogP contribution < -0.4 is 5.32 Å². The summed E-state index contributed by atoms with van der Waals surface area (Å²) in [6.07, 6.45) is 1.15. The molecule has 0 bridgehead atoms. The zero-order valence-electron chi connectivity index (χ0n) is 15.8. The summed E-state index contributed by atoms with van der Waals surface area (Å²) in [6, 6.07) is 14.2. The van der Waals surface area contributed by atoms with Crippen LogP contribution >= 0.6 is 34.4 Å². The second-order valence-corrected chi connectivity index (χ2v) is 11.2. The SMILES string of the molecule is CS(=O)(=O)c1ccc(NC(=O)CSc2nc(-c3cccs3)c(-c3cccs3)[nH]2)cc1. The van der Waals surface area contributed by atoms with Crippen molar-refractivity contribution in [3.8, 4) is 21.1 Å². The predicted octanol–water partition coefficient (Wildman–Crippen LogP) is 5.00. The van der Waals surface area contributed by atoms with Crippen LogP contribution in [-0.2, 0) is 14.6 Å². The van der Waals surface area contributed by atoms with Crippen LogP contribution in [0.3, 0.4) is 0 Å². The molecule has 0 aliphatic rings. The zero-order valence-corrected chi connectivity index (χ0v) is 19.1. The van der Waals surface area contributed by atoms with Gasteiger partial charge in [-0.05, 0) is 47.2 Å². The standard InChI is InChI=1S/C20H17N3O3S4/c1-30(25,26)14-8-6-13(7-9-14)21-17(24)12-29-20-22-18(15-4-2-10-27-15)19(23-20)16-5-3-11-28-16/h2-11H,12H2,1H3,(H,21,24)(H,22,23). The lowest BCUT2D eigenvalue weighted by molar-refractivity contribution is -0.113. The Kier molecular flexibility index (Phi) is 6.09. The first-order valence-electron chi connectivity index (χ1n) is 8.81. The number of nitrogens with one attached hydrogen (secondary N) is 2. The van der Waals surface area contributed by atoms with Gasteiger partial charge < -0.3 is 10.3 Å². The predicted molar refractivity (Wildman–Crippen MR) is 124 cm³/mol. The monoisotopic (exact) mass is 475 g/mol. The Morgan fingerprint density at radius 1 is 1.07 bits per heavy atom. The van der Waals surface area contributed by atoms with Gasteiger partial charge in [0.2, 0.25) is 5.91 Å². The summed E-state index contributed by atoms with van der Waals surface area (Å²) in [5.41, 5.74) is 2.38. The smallest absolute Gasteiger partial charge is 0.234 e. The number of anilines is 1. The molecule has 6 nitrogen and oxygen atoms in total. The maximum Gasteiger partial charge on any atom is 0.234 e. The number of rotatable bonds is 7. The number of hydrogen-bond acceptors (Lipinski definition) is 7. The molecule has 30 heavy (non-hydrogen) atoms. The van der Waals surface area contributed by atoms with E-state index in [1.54, 1.807) is 34.8 Å². The van der Waals surface area contributed by atoms with Gasteiger partial charge in [-0.1, -0.05) is 23.9 Å². The molecule has 0 atom stereocenters. The molecule has 4 aromatic rings. The van der Waals surface area contributed by atoms with Gasteiger partial charge in [0, 0.05) is 11.9 Å².